The van der Waals surface area contributed by atoms with Gasteiger partial charge < -0.3 is 4.74 Å². The van der Waals surface area contributed by atoms with Crippen molar-refractivity contribution in [1.29, 1.82) is 0 Å². The van der Waals surface area contributed by atoms with Crippen LogP contribution < -0.4 is 0 Å². The fourth-order valence-electron chi connectivity index (χ4n) is 3.30. The van der Waals surface area contributed by atoms with Gasteiger partial charge in [-0.05, 0) is 7.05 Å². The highest BCUT2D eigenvalue weighted by atomic mass is 19.3. The molecule has 3 atom stereocenters. The van der Waals surface area contributed by atoms with Crippen molar-refractivity contribution in [2.75, 3.05) is 20.3 Å². The molecule has 2 saturated heterocycles. The van der Waals surface area contributed by atoms with E-state index in [0.29, 0.717) is 13.2 Å². The maximum Gasteiger partial charge on any atom is 0.264 e. The van der Waals surface area contributed by atoms with Crippen LogP contribution in [0.2, 0.25) is 0 Å². The van der Waals surface area contributed by atoms with Gasteiger partial charge in [0.25, 0.3) is 5.92 Å². The van der Waals surface area contributed by atoms with Crippen molar-refractivity contribution in [3.8, 4) is 0 Å². The zero-order valence-electron chi connectivity index (χ0n) is 6.89. The van der Waals surface area contributed by atoms with E-state index in [1.54, 1.807) is 11.9 Å². The van der Waals surface area contributed by atoms with Crippen LogP contribution in [0.4, 0.5) is 8.78 Å². The second-order valence-corrected chi connectivity index (χ2v) is 4.27. The van der Waals surface area contributed by atoms with Crippen molar-refractivity contribution in [1.82, 2.24) is 4.90 Å². The predicted molar refractivity (Wildman–Crippen MR) is 38.2 cm³/mol. The molecule has 1 spiro atoms. The molecule has 2 nitrogen and oxygen atoms in total. The van der Waals surface area contributed by atoms with Gasteiger partial charge in [0.2, 0.25) is 0 Å². The zero-order chi connectivity index (χ0) is 8.56. The minimum absolute atomic E-state index is 0.0413. The largest absolute Gasteiger partial charge is 0.379 e. The highest BCUT2D eigenvalue weighted by Crippen LogP contribution is 2.66. The summed E-state index contributed by atoms with van der Waals surface area (Å²) < 4.78 is 31.3. The highest BCUT2D eigenvalue weighted by Gasteiger charge is 2.79. The Morgan fingerprint density at radius 3 is 2.92 bits per heavy atom. The molecule has 4 heteroatoms. The molecular formula is C8H11F2NO. The van der Waals surface area contributed by atoms with Crippen molar-refractivity contribution in [3.63, 3.8) is 0 Å². The molecule has 0 aromatic heterocycles. The van der Waals surface area contributed by atoms with Gasteiger partial charge in [-0.25, -0.2) is 8.78 Å². The molecule has 3 unspecified atom stereocenters. The normalized spacial score (nSPS) is 55.2. The summed E-state index contributed by atoms with van der Waals surface area (Å²) in [5.74, 6) is -2.46. The molecule has 3 aliphatic rings. The summed E-state index contributed by atoms with van der Waals surface area (Å²) in [6.07, 6.45) is 0.0413. The fourth-order valence-corrected chi connectivity index (χ4v) is 3.30. The third kappa shape index (κ3) is 0.501. The van der Waals surface area contributed by atoms with Crippen LogP contribution in [-0.2, 0) is 4.74 Å². The number of rotatable bonds is 0. The van der Waals surface area contributed by atoms with Gasteiger partial charge in [-0.1, -0.05) is 0 Å². The Bertz CT molecular complexity index is 245. The van der Waals surface area contributed by atoms with Gasteiger partial charge in [-0.15, -0.1) is 0 Å². The first-order valence-corrected chi connectivity index (χ1v) is 4.25. The molecule has 0 aromatic rings. The van der Waals surface area contributed by atoms with Crippen LogP contribution in [0.5, 0.6) is 0 Å². The Hall–Kier alpha value is -0.220. The van der Waals surface area contributed by atoms with Gasteiger partial charge in [-0.3, -0.25) is 4.90 Å². The summed E-state index contributed by atoms with van der Waals surface area (Å²) >= 11 is 0. The number of piperidine rings is 1. The van der Waals surface area contributed by atoms with Gasteiger partial charge >= 0.3 is 0 Å². The summed E-state index contributed by atoms with van der Waals surface area (Å²) in [6, 6.07) is -0.264. The van der Waals surface area contributed by atoms with E-state index in [1.807, 2.05) is 0 Å². The van der Waals surface area contributed by atoms with Gasteiger partial charge in [0.15, 0.2) is 0 Å². The number of likely N-dealkylation sites (N-methyl/N-ethyl adjacent to an activating group) is 1. The second kappa shape index (κ2) is 1.68. The number of hydrogen-bond donors (Lipinski definition) is 0. The molecule has 0 radical (unpaired) electrons. The monoisotopic (exact) mass is 175 g/mol. The van der Waals surface area contributed by atoms with E-state index >= 15 is 0 Å². The summed E-state index contributed by atoms with van der Waals surface area (Å²) in [7, 11) is 1.77. The van der Waals surface area contributed by atoms with Gasteiger partial charge in [0.05, 0.1) is 19.3 Å². The van der Waals surface area contributed by atoms with Crippen LogP contribution in [0.1, 0.15) is 6.42 Å². The van der Waals surface area contributed by atoms with Crippen LogP contribution >= 0.6 is 0 Å². The standard InChI is InChI=1S/C8H11F2NO/c1-11-5-2-12-4-7(5)3-8(9,10)6(7)11/h5-6H,2-4H2,1H3. The number of ether oxygens (including phenoxy) is 1. The number of alkyl halides is 2. The number of hydrogen-bond acceptors (Lipinski definition) is 2. The fraction of sp³-hybridized carbons (Fsp3) is 1.00. The first-order chi connectivity index (χ1) is 5.58. The van der Waals surface area contributed by atoms with Crippen molar-refractivity contribution in [2.45, 2.75) is 24.4 Å². The summed E-state index contributed by atoms with van der Waals surface area (Å²) in [5.41, 5.74) is -0.168. The summed E-state index contributed by atoms with van der Waals surface area (Å²) in [6.45, 7) is 1.19. The summed E-state index contributed by atoms with van der Waals surface area (Å²) in [4.78, 5) is 1.77. The molecule has 2 heterocycles. The zero-order valence-corrected chi connectivity index (χ0v) is 6.89. The van der Waals surface area contributed by atoms with Gasteiger partial charge in [0.1, 0.15) is 0 Å². The summed E-state index contributed by atoms with van der Waals surface area (Å²) in [5, 5.41) is 0. The Morgan fingerprint density at radius 2 is 2.25 bits per heavy atom. The molecule has 0 aromatic carbocycles. The molecule has 0 amide bonds. The molecule has 68 valence electrons. The maximum atomic E-state index is 13.0. The van der Waals surface area contributed by atoms with Crippen LogP contribution in [0.25, 0.3) is 0 Å². The smallest absolute Gasteiger partial charge is 0.264 e. The van der Waals surface area contributed by atoms with Gasteiger partial charge in [-0.2, -0.15) is 0 Å². The molecule has 1 aliphatic carbocycles. The lowest BCUT2D eigenvalue weighted by Gasteiger charge is -2.68. The van der Waals surface area contributed by atoms with Gasteiger partial charge in [0, 0.05) is 17.9 Å². The minimum Gasteiger partial charge on any atom is -0.379 e. The average Bonchev–Trinajstić information content (AvgIpc) is 2.27. The topological polar surface area (TPSA) is 12.5 Å². The van der Waals surface area contributed by atoms with Crippen LogP contribution in [0.3, 0.4) is 0 Å². The molecule has 0 N–H and O–H groups in total. The van der Waals surface area contributed by atoms with Crippen LogP contribution in [-0.4, -0.2) is 43.2 Å². The van der Waals surface area contributed by atoms with Crippen LogP contribution in [0.15, 0.2) is 0 Å². The first kappa shape index (κ1) is 7.21. The Kier molecular flexibility index (Phi) is 1.01. The van der Waals surface area contributed by atoms with E-state index in [-0.39, 0.29) is 17.9 Å². The highest BCUT2D eigenvalue weighted by molar-refractivity contribution is 5.26. The first-order valence-electron chi connectivity index (χ1n) is 4.25. The molecule has 12 heavy (non-hydrogen) atoms. The van der Waals surface area contributed by atoms with E-state index in [4.69, 9.17) is 4.74 Å². The third-order valence-electron chi connectivity index (χ3n) is 3.72. The lowest BCUT2D eigenvalue weighted by Crippen LogP contribution is -2.83. The molecule has 2 aliphatic heterocycles. The van der Waals surface area contributed by atoms with Crippen molar-refractivity contribution in [3.05, 3.63) is 0 Å². The molecule has 3 fully saturated rings. The van der Waals surface area contributed by atoms with E-state index in [0.717, 1.165) is 0 Å². The number of nitrogens with zero attached hydrogens (tertiary/aromatic N) is 1. The van der Waals surface area contributed by atoms with Crippen LogP contribution in [0, 0.1) is 5.41 Å². The molecular weight excluding hydrogens is 164 g/mol. The third-order valence-corrected chi connectivity index (χ3v) is 3.72. The lowest BCUT2D eigenvalue weighted by molar-refractivity contribution is -0.310. The van der Waals surface area contributed by atoms with E-state index in [1.165, 1.54) is 0 Å². The maximum absolute atomic E-state index is 13.0. The SMILES string of the molecule is CN1C2COCC23CC(F)(F)C13. The average molecular weight is 175 g/mol. The quantitative estimate of drug-likeness (QED) is 0.538. The number of likely N-dealkylation sites (tertiary alicyclic amines) is 1. The Balaban J connectivity index is 1.93. The van der Waals surface area contributed by atoms with Crippen molar-refractivity contribution >= 4 is 0 Å². The van der Waals surface area contributed by atoms with E-state index < -0.39 is 12.0 Å². The van der Waals surface area contributed by atoms with E-state index in [9.17, 15) is 8.78 Å². The van der Waals surface area contributed by atoms with Crippen molar-refractivity contribution in [2.24, 2.45) is 5.41 Å². The van der Waals surface area contributed by atoms with Crippen molar-refractivity contribution < 1.29 is 13.5 Å². The Morgan fingerprint density at radius 1 is 1.50 bits per heavy atom. The lowest BCUT2D eigenvalue weighted by atomic mass is 9.52. The second-order valence-electron chi connectivity index (χ2n) is 4.27. The van der Waals surface area contributed by atoms with E-state index in [2.05, 4.69) is 0 Å². The number of halogens is 2. The predicted octanol–water partition coefficient (Wildman–Crippen LogP) is 0.725. The Labute approximate surface area is 69.5 Å². The molecule has 1 saturated carbocycles. The molecule has 3 rings (SSSR count). The molecule has 0 bridgehead atoms. The minimum atomic E-state index is -2.46.